The van der Waals surface area contributed by atoms with E-state index in [0.29, 0.717) is 32.7 Å². The van der Waals surface area contributed by atoms with Gasteiger partial charge in [-0.15, -0.1) is 0 Å². The van der Waals surface area contributed by atoms with Gasteiger partial charge in [0.15, 0.2) is 17.3 Å². The van der Waals surface area contributed by atoms with Gasteiger partial charge in [0.1, 0.15) is 18.0 Å². The van der Waals surface area contributed by atoms with Crippen molar-refractivity contribution in [1.29, 1.82) is 0 Å². The Bertz CT molecular complexity index is 1350. The lowest BCUT2D eigenvalue weighted by atomic mass is 10.2. The van der Waals surface area contributed by atoms with Gasteiger partial charge in [-0.2, -0.15) is 5.10 Å². The third-order valence-electron chi connectivity index (χ3n) is 4.64. The first-order valence-electron chi connectivity index (χ1n) is 9.70. The van der Waals surface area contributed by atoms with Crippen LogP contribution in [0.3, 0.4) is 0 Å². The Hall–Kier alpha value is -3.17. The third kappa shape index (κ3) is 5.61. The molecule has 1 aromatic heterocycles. The summed E-state index contributed by atoms with van der Waals surface area (Å²) >= 11 is 6.86. The number of nitrogens with one attached hydrogen (secondary N) is 1. The maximum absolute atomic E-state index is 13.4. The summed E-state index contributed by atoms with van der Waals surface area (Å²) in [6, 6.07) is 16.7. The summed E-state index contributed by atoms with van der Waals surface area (Å²) in [6.07, 6.45) is 1.47. The van der Waals surface area contributed by atoms with E-state index in [-0.39, 0.29) is 18.2 Å². The number of carbonyl (C=O) groups excluding carboxylic acids is 1. The molecule has 0 unspecified atom stereocenters. The first kappa shape index (κ1) is 23.0. The highest BCUT2D eigenvalue weighted by molar-refractivity contribution is 9.10. The number of nitrogens with zero attached hydrogens (tertiary/aromatic N) is 1. The van der Waals surface area contributed by atoms with Crippen LogP contribution in [-0.4, -0.2) is 19.2 Å². The minimum Gasteiger partial charge on any atom is -0.493 e. The van der Waals surface area contributed by atoms with Gasteiger partial charge in [0.25, 0.3) is 0 Å². The van der Waals surface area contributed by atoms with Crippen LogP contribution in [0.15, 0.2) is 79.1 Å². The minimum absolute atomic E-state index is 0.151. The normalized spacial score (nSPS) is 11.2. The summed E-state index contributed by atoms with van der Waals surface area (Å²) in [5, 5.41) is 4.82. The standard InChI is InChI=1S/C24H17Br2FN2O4/c1-31-21-10-16(19(26)11-22(21)32-13-14-3-2-4-18(27)7-14)12-28-29-24(30)23-9-15-8-17(25)5-6-20(15)33-23/h2-12H,13H2,1H3,(H,29,30)/b28-12+. The van der Waals surface area contributed by atoms with Crippen molar-refractivity contribution >= 4 is 55.0 Å². The lowest BCUT2D eigenvalue weighted by Crippen LogP contribution is -2.16. The average Bonchev–Trinajstić information content (AvgIpc) is 3.22. The van der Waals surface area contributed by atoms with Crippen molar-refractivity contribution in [2.75, 3.05) is 7.11 Å². The van der Waals surface area contributed by atoms with Gasteiger partial charge >= 0.3 is 5.91 Å². The number of methoxy groups -OCH3 is 1. The molecule has 0 aliphatic heterocycles. The number of ether oxygens (including phenoxy) is 2. The summed E-state index contributed by atoms with van der Waals surface area (Å²) in [6.45, 7) is 0.179. The molecule has 9 heteroatoms. The Morgan fingerprint density at radius 3 is 2.76 bits per heavy atom. The predicted molar refractivity (Wildman–Crippen MR) is 130 cm³/mol. The Labute approximate surface area is 205 Å². The van der Waals surface area contributed by atoms with Gasteiger partial charge in [-0.05, 0) is 70.0 Å². The van der Waals surface area contributed by atoms with Gasteiger partial charge in [0.05, 0.1) is 13.3 Å². The number of furan rings is 1. The van der Waals surface area contributed by atoms with Crippen molar-refractivity contribution in [1.82, 2.24) is 5.43 Å². The number of hydrogen-bond acceptors (Lipinski definition) is 5. The average molecular weight is 576 g/mol. The molecule has 0 atom stereocenters. The molecule has 168 valence electrons. The molecule has 0 bridgehead atoms. The molecule has 33 heavy (non-hydrogen) atoms. The summed E-state index contributed by atoms with van der Waals surface area (Å²) in [5.41, 5.74) is 4.40. The summed E-state index contributed by atoms with van der Waals surface area (Å²) in [7, 11) is 1.51. The molecular weight excluding hydrogens is 559 g/mol. The molecule has 0 radical (unpaired) electrons. The van der Waals surface area contributed by atoms with Crippen molar-refractivity contribution in [2.45, 2.75) is 6.61 Å². The topological polar surface area (TPSA) is 73.1 Å². The fraction of sp³-hybridized carbons (Fsp3) is 0.0833. The van der Waals surface area contributed by atoms with Crippen LogP contribution in [0.5, 0.6) is 11.5 Å². The molecular formula is C24H17Br2FN2O4. The maximum atomic E-state index is 13.4. The largest absolute Gasteiger partial charge is 0.493 e. The lowest BCUT2D eigenvalue weighted by molar-refractivity contribution is 0.0929. The van der Waals surface area contributed by atoms with Gasteiger partial charge in [-0.3, -0.25) is 4.79 Å². The number of halogens is 3. The molecule has 0 saturated heterocycles. The highest BCUT2D eigenvalue weighted by atomic mass is 79.9. The summed E-state index contributed by atoms with van der Waals surface area (Å²) in [5.74, 6) is 0.288. The molecule has 1 N–H and O–H groups in total. The van der Waals surface area contributed by atoms with Gasteiger partial charge in [0, 0.05) is 19.9 Å². The second kappa shape index (κ2) is 10.2. The van der Waals surface area contributed by atoms with E-state index in [2.05, 4.69) is 42.4 Å². The number of hydrogen-bond donors (Lipinski definition) is 1. The van der Waals surface area contributed by atoms with Gasteiger partial charge < -0.3 is 13.9 Å². The number of carbonyl (C=O) groups is 1. The van der Waals surface area contributed by atoms with Crippen molar-refractivity contribution in [3.05, 3.63) is 92.3 Å². The van der Waals surface area contributed by atoms with Crippen molar-refractivity contribution in [2.24, 2.45) is 5.10 Å². The molecule has 6 nitrogen and oxygen atoms in total. The minimum atomic E-state index is -0.475. The van der Waals surface area contributed by atoms with Crippen LogP contribution in [0.25, 0.3) is 11.0 Å². The fourth-order valence-electron chi connectivity index (χ4n) is 3.05. The third-order valence-corrected chi connectivity index (χ3v) is 5.82. The number of rotatable bonds is 7. The van der Waals surface area contributed by atoms with Crippen LogP contribution >= 0.6 is 31.9 Å². The van der Waals surface area contributed by atoms with Gasteiger partial charge in [-0.25, -0.2) is 9.82 Å². The molecule has 0 saturated carbocycles. The summed E-state index contributed by atoms with van der Waals surface area (Å²) in [4.78, 5) is 12.4. The first-order chi connectivity index (χ1) is 15.9. The fourth-order valence-corrected chi connectivity index (χ4v) is 3.86. The summed E-state index contributed by atoms with van der Waals surface area (Å²) < 4.78 is 31.7. The molecule has 0 aliphatic carbocycles. The molecule has 4 rings (SSSR count). The number of hydrazone groups is 1. The van der Waals surface area contributed by atoms with Crippen LogP contribution in [-0.2, 0) is 6.61 Å². The van der Waals surface area contributed by atoms with E-state index in [1.807, 2.05) is 12.1 Å². The second-order valence-electron chi connectivity index (χ2n) is 6.94. The van der Waals surface area contributed by atoms with Crippen LogP contribution in [0, 0.1) is 5.82 Å². The van der Waals surface area contributed by atoms with Crippen molar-refractivity contribution in [3.63, 3.8) is 0 Å². The predicted octanol–water partition coefficient (Wildman–Crippen LogP) is 6.45. The highest BCUT2D eigenvalue weighted by Gasteiger charge is 2.13. The maximum Gasteiger partial charge on any atom is 0.307 e. The van der Waals surface area contributed by atoms with Crippen LogP contribution in [0.1, 0.15) is 21.7 Å². The first-order valence-corrected chi connectivity index (χ1v) is 11.3. The van der Waals surface area contributed by atoms with E-state index < -0.39 is 5.91 Å². The van der Waals surface area contributed by atoms with Crippen LogP contribution in [0.2, 0.25) is 0 Å². The van der Waals surface area contributed by atoms with E-state index in [1.54, 1.807) is 36.4 Å². The Morgan fingerprint density at radius 1 is 1.12 bits per heavy atom. The molecule has 0 aliphatic rings. The smallest absolute Gasteiger partial charge is 0.307 e. The zero-order valence-electron chi connectivity index (χ0n) is 17.3. The van der Waals surface area contributed by atoms with Gasteiger partial charge in [-0.1, -0.05) is 28.1 Å². The monoisotopic (exact) mass is 574 g/mol. The Balaban J connectivity index is 1.45. The lowest BCUT2D eigenvalue weighted by Gasteiger charge is -2.13. The van der Waals surface area contributed by atoms with Crippen LogP contribution < -0.4 is 14.9 Å². The molecule has 0 spiro atoms. The Kier molecular flexibility index (Phi) is 7.10. The van der Waals surface area contributed by atoms with Crippen molar-refractivity contribution in [3.8, 4) is 11.5 Å². The van der Waals surface area contributed by atoms with E-state index in [0.717, 1.165) is 9.86 Å². The SMILES string of the molecule is COc1cc(/C=N/NC(=O)c2cc3cc(Br)ccc3o2)c(Br)cc1OCc1cccc(F)c1. The van der Waals surface area contributed by atoms with E-state index >= 15 is 0 Å². The van der Waals surface area contributed by atoms with E-state index in [1.165, 1.54) is 25.5 Å². The second-order valence-corrected chi connectivity index (χ2v) is 8.71. The number of amides is 1. The quantitative estimate of drug-likeness (QED) is 0.203. The zero-order valence-corrected chi connectivity index (χ0v) is 20.4. The van der Waals surface area contributed by atoms with Crippen molar-refractivity contribution < 1.29 is 23.1 Å². The molecule has 0 fully saturated rings. The molecule has 3 aromatic carbocycles. The molecule has 1 heterocycles. The number of fused-ring (bicyclic) bond motifs is 1. The van der Waals surface area contributed by atoms with E-state index in [9.17, 15) is 9.18 Å². The van der Waals surface area contributed by atoms with Gasteiger partial charge in [0.2, 0.25) is 0 Å². The molecule has 4 aromatic rings. The molecule has 1 amide bonds. The van der Waals surface area contributed by atoms with Crippen LogP contribution in [0.4, 0.5) is 4.39 Å². The van der Waals surface area contributed by atoms with E-state index in [4.69, 9.17) is 13.9 Å². The Morgan fingerprint density at radius 2 is 1.97 bits per heavy atom. The number of benzene rings is 3. The zero-order chi connectivity index (χ0) is 23.4. The highest BCUT2D eigenvalue weighted by Crippen LogP contribution is 2.33.